The van der Waals surface area contributed by atoms with E-state index in [2.05, 4.69) is 8.75 Å². The molecule has 0 aliphatic rings. The van der Waals surface area contributed by atoms with E-state index in [1.807, 2.05) is 42.5 Å². The van der Waals surface area contributed by atoms with E-state index in [1.54, 1.807) is 0 Å². The van der Waals surface area contributed by atoms with E-state index in [9.17, 15) is 0 Å². The van der Waals surface area contributed by atoms with Crippen molar-refractivity contribution in [3.63, 3.8) is 0 Å². The Hall–Kier alpha value is -1.94. The largest absolute Gasteiger partial charge is 0.398 e. The Labute approximate surface area is 96.9 Å². The second-order valence-electron chi connectivity index (χ2n) is 3.56. The lowest BCUT2D eigenvalue weighted by molar-refractivity contribution is 1.60. The van der Waals surface area contributed by atoms with Gasteiger partial charge in [-0.3, -0.25) is 0 Å². The van der Waals surface area contributed by atoms with Crippen molar-refractivity contribution in [2.75, 3.05) is 5.73 Å². The van der Waals surface area contributed by atoms with Crippen LogP contribution in [0.5, 0.6) is 0 Å². The molecule has 4 heteroatoms. The van der Waals surface area contributed by atoms with Crippen molar-refractivity contribution in [2.45, 2.75) is 0 Å². The average molecular weight is 227 g/mol. The van der Waals surface area contributed by atoms with Crippen molar-refractivity contribution in [1.82, 2.24) is 8.75 Å². The quantitative estimate of drug-likeness (QED) is 0.650. The smallest absolute Gasteiger partial charge is 0.106 e. The molecule has 0 atom stereocenters. The third-order valence-corrected chi connectivity index (χ3v) is 3.07. The van der Waals surface area contributed by atoms with Crippen LogP contribution in [0.4, 0.5) is 5.69 Å². The van der Waals surface area contributed by atoms with Gasteiger partial charge in [0.25, 0.3) is 0 Å². The SMILES string of the molecule is Nc1cc2nsnc2cc1-c1ccccc1. The van der Waals surface area contributed by atoms with Crippen LogP contribution < -0.4 is 5.73 Å². The molecule has 0 fully saturated rings. The number of aromatic nitrogens is 2. The number of fused-ring (bicyclic) bond motifs is 1. The minimum atomic E-state index is 0.742. The average Bonchev–Trinajstić information content (AvgIpc) is 2.76. The maximum absolute atomic E-state index is 6.01. The van der Waals surface area contributed by atoms with Gasteiger partial charge in [-0.1, -0.05) is 30.3 Å². The molecule has 0 radical (unpaired) electrons. The van der Waals surface area contributed by atoms with E-state index >= 15 is 0 Å². The van der Waals surface area contributed by atoms with Gasteiger partial charge in [-0.15, -0.1) is 0 Å². The number of hydrogen-bond acceptors (Lipinski definition) is 4. The number of rotatable bonds is 1. The summed E-state index contributed by atoms with van der Waals surface area (Å²) < 4.78 is 8.39. The fourth-order valence-corrected chi connectivity index (χ4v) is 2.22. The minimum absolute atomic E-state index is 0.742. The molecule has 1 aromatic heterocycles. The summed E-state index contributed by atoms with van der Waals surface area (Å²) in [6.07, 6.45) is 0. The number of hydrogen-bond donors (Lipinski definition) is 1. The molecule has 0 amide bonds. The van der Waals surface area contributed by atoms with E-state index in [-0.39, 0.29) is 0 Å². The molecule has 16 heavy (non-hydrogen) atoms. The third-order valence-electron chi connectivity index (χ3n) is 2.51. The summed E-state index contributed by atoms with van der Waals surface area (Å²) >= 11 is 1.21. The summed E-state index contributed by atoms with van der Waals surface area (Å²) in [6.45, 7) is 0. The van der Waals surface area contributed by atoms with E-state index in [0.29, 0.717) is 0 Å². The molecule has 0 bridgehead atoms. The first-order valence-electron chi connectivity index (χ1n) is 4.92. The number of nitrogens with two attached hydrogens (primary N) is 1. The van der Waals surface area contributed by atoms with E-state index in [0.717, 1.165) is 27.8 Å². The van der Waals surface area contributed by atoms with E-state index in [4.69, 9.17) is 5.73 Å². The van der Waals surface area contributed by atoms with Crippen LogP contribution in [0.2, 0.25) is 0 Å². The summed E-state index contributed by atoms with van der Waals surface area (Å²) in [7, 11) is 0. The molecule has 0 aliphatic carbocycles. The lowest BCUT2D eigenvalue weighted by Crippen LogP contribution is -1.90. The fraction of sp³-hybridized carbons (Fsp3) is 0. The van der Waals surface area contributed by atoms with Gasteiger partial charge in [0, 0.05) is 11.3 Å². The summed E-state index contributed by atoms with van der Waals surface area (Å²) in [4.78, 5) is 0. The first-order valence-corrected chi connectivity index (χ1v) is 5.65. The molecule has 1 heterocycles. The van der Waals surface area contributed by atoms with Gasteiger partial charge in [0.15, 0.2) is 0 Å². The monoisotopic (exact) mass is 227 g/mol. The van der Waals surface area contributed by atoms with Gasteiger partial charge in [0.2, 0.25) is 0 Å². The van der Waals surface area contributed by atoms with Gasteiger partial charge in [-0.25, -0.2) is 0 Å². The summed E-state index contributed by atoms with van der Waals surface area (Å²) in [5, 5.41) is 0. The highest BCUT2D eigenvalue weighted by Crippen LogP contribution is 2.29. The molecule has 0 spiro atoms. The highest BCUT2D eigenvalue weighted by atomic mass is 32.1. The number of nitrogen functional groups attached to an aromatic ring is 1. The lowest BCUT2D eigenvalue weighted by atomic mass is 10.0. The normalized spacial score (nSPS) is 10.8. The van der Waals surface area contributed by atoms with E-state index in [1.165, 1.54) is 11.7 Å². The Morgan fingerprint density at radius 3 is 2.38 bits per heavy atom. The van der Waals surface area contributed by atoms with Gasteiger partial charge < -0.3 is 5.73 Å². The van der Waals surface area contributed by atoms with Crippen molar-refractivity contribution in [3.05, 3.63) is 42.5 Å². The maximum Gasteiger partial charge on any atom is 0.106 e. The molecule has 3 aromatic rings. The van der Waals surface area contributed by atoms with Crippen molar-refractivity contribution in [1.29, 1.82) is 0 Å². The molecular formula is C12H9N3S. The van der Waals surface area contributed by atoms with Crippen LogP contribution in [0.3, 0.4) is 0 Å². The van der Waals surface area contributed by atoms with Gasteiger partial charge in [-0.05, 0) is 17.7 Å². The first kappa shape index (κ1) is 9.30. The Bertz CT molecular complexity index is 631. The van der Waals surface area contributed by atoms with Crippen LogP contribution in [0.1, 0.15) is 0 Å². The summed E-state index contributed by atoms with van der Waals surface area (Å²) in [5.41, 5.74) is 10.6. The lowest BCUT2D eigenvalue weighted by Gasteiger charge is -2.04. The van der Waals surface area contributed by atoms with Gasteiger partial charge in [-0.2, -0.15) is 8.75 Å². The Morgan fingerprint density at radius 1 is 0.938 bits per heavy atom. The molecule has 78 valence electrons. The second kappa shape index (κ2) is 3.57. The molecule has 2 aromatic carbocycles. The molecule has 3 nitrogen and oxygen atoms in total. The summed E-state index contributed by atoms with van der Waals surface area (Å²) in [5.74, 6) is 0. The standard InChI is InChI=1S/C12H9N3S/c13-10-7-12-11(14-16-15-12)6-9(10)8-4-2-1-3-5-8/h1-7H,13H2. The summed E-state index contributed by atoms with van der Waals surface area (Å²) in [6, 6.07) is 13.9. The van der Waals surface area contributed by atoms with E-state index < -0.39 is 0 Å². The maximum atomic E-state index is 6.01. The zero-order valence-electron chi connectivity index (χ0n) is 8.42. The molecule has 3 rings (SSSR count). The molecular weight excluding hydrogens is 218 g/mol. The molecule has 2 N–H and O–H groups in total. The Morgan fingerprint density at radius 2 is 1.62 bits per heavy atom. The van der Waals surface area contributed by atoms with Gasteiger partial charge in [0.1, 0.15) is 11.0 Å². The molecule has 0 saturated heterocycles. The first-order chi connectivity index (χ1) is 7.84. The van der Waals surface area contributed by atoms with Gasteiger partial charge >= 0.3 is 0 Å². The Kier molecular flexibility index (Phi) is 2.08. The van der Waals surface area contributed by atoms with Crippen molar-refractivity contribution < 1.29 is 0 Å². The predicted molar refractivity (Wildman–Crippen MR) is 67.3 cm³/mol. The zero-order chi connectivity index (χ0) is 11.0. The highest BCUT2D eigenvalue weighted by molar-refractivity contribution is 7.00. The molecule has 0 saturated carbocycles. The van der Waals surface area contributed by atoms with Crippen molar-refractivity contribution in [3.8, 4) is 11.1 Å². The number of benzene rings is 2. The zero-order valence-corrected chi connectivity index (χ0v) is 9.24. The van der Waals surface area contributed by atoms with Crippen LogP contribution in [0.25, 0.3) is 22.2 Å². The topological polar surface area (TPSA) is 51.8 Å². The van der Waals surface area contributed by atoms with Crippen LogP contribution >= 0.6 is 11.7 Å². The third kappa shape index (κ3) is 1.44. The molecule has 0 unspecified atom stereocenters. The van der Waals surface area contributed by atoms with Crippen molar-refractivity contribution in [2.24, 2.45) is 0 Å². The van der Waals surface area contributed by atoms with Crippen LogP contribution in [-0.4, -0.2) is 8.75 Å². The van der Waals surface area contributed by atoms with Crippen LogP contribution in [0, 0.1) is 0 Å². The Balaban J connectivity index is 2.27. The fourth-order valence-electron chi connectivity index (χ4n) is 1.72. The molecule has 0 aliphatic heterocycles. The van der Waals surface area contributed by atoms with Crippen LogP contribution in [0.15, 0.2) is 42.5 Å². The predicted octanol–water partition coefficient (Wildman–Crippen LogP) is 2.94. The number of nitrogens with zero attached hydrogens (tertiary/aromatic N) is 2. The second-order valence-corrected chi connectivity index (χ2v) is 4.09. The van der Waals surface area contributed by atoms with Crippen molar-refractivity contribution >= 4 is 28.4 Å². The highest BCUT2D eigenvalue weighted by Gasteiger charge is 2.06. The van der Waals surface area contributed by atoms with Crippen LogP contribution in [-0.2, 0) is 0 Å². The number of anilines is 1. The van der Waals surface area contributed by atoms with Gasteiger partial charge in [0.05, 0.1) is 11.7 Å². The minimum Gasteiger partial charge on any atom is -0.398 e.